The number of aliphatic imine (C=N–C) groups is 1. The van der Waals surface area contributed by atoms with Crippen LogP contribution >= 0.6 is 27.5 Å². The van der Waals surface area contributed by atoms with Crippen molar-refractivity contribution < 1.29 is 14.5 Å². The van der Waals surface area contributed by atoms with Crippen molar-refractivity contribution in [2.24, 2.45) is 4.99 Å². The Bertz CT molecular complexity index is 907. The molecule has 0 unspecified atom stereocenters. The molecule has 120 valence electrons. The standard InChI is InChI=1S/C16H8BrClN2O4/c17-10-3-1-9(2-4-10)7-14-16(21)24-15(19-14)12-6-5-11(20(22)23)8-13(12)18/h1-8H. The van der Waals surface area contributed by atoms with Crippen molar-refractivity contribution in [1.29, 1.82) is 0 Å². The summed E-state index contributed by atoms with van der Waals surface area (Å²) in [5, 5.41) is 10.8. The number of ether oxygens (including phenoxy) is 1. The molecule has 0 aromatic heterocycles. The van der Waals surface area contributed by atoms with Crippen LogP contribution in [0.2, 0.25) is 5.02 Å². The molecule has 0 radical (unpaired) electrons. The Balaban J connectivity index is 1.94. The molecule has 24 heavy (non-hydrogen) atoms. The normalized spacial score (nSPS) is 15.3. The zero-order valence-corrected chi connectivity index (χ0v) is 14.2. The van der Waals surface area contributed by atoms with Gasteiger partial charge in [0.1, 0.15) is 0 Å². The Labute approximate surface area is 149 Å². The molecule has 1 aliphatic heterocycles. The number of nitro benzene ring substituents is 1. The van der Waals surface area contributed by atoms with Crippen molar-refractivity contribution in [3.8, 4) is 0 Å². The van der Waals surface area contributed by atoms with Crippen LogP contribution in [0.25, 0.3) is 6.08 Å². The Morgan fingerprint density at radius 2 is 1.92 bits per heavy atom. The van der Waals surface area contributed by atoms with Crippen LogP contribution in [0.3, 0.4) is 0 Å². The van der Waals surface area contributed by atoms with Gasteiger partial charge < -0.3 is 4.74 Å². The smallest absolute Gasteiger partial charge is 0.363 e. The predicted octanol–water partition coefficient (Wildman–Crippen LogP) is 4.36. The lowest BCUT2D eigenvalue weighted by Gasteiger charge is -2.02. The third-order valence-electron chi connectivity index (χ3n) is 3.19. The molecule has 0 saturated carbocycles. The highest BCUT2D eigenvalue weighted by Crippen LogP contribution is 2.27. The molecular weight excluding hydrogens is 400 g/mol. The lowest BCUT2D eigenvalue weighted by Crippen LogP contribution is -2.06. The van der Waals surface area contributed by atoms with Gasteiger partial charge in [-0.05, 0) is 29.8 Å². The van der Waals surface area contributed by atoms with E-state index in [1.807, 2.05) is 24.3 Å². The molecule has 0 aliphatic carbocycles. The number of nitro groups is 1. The number of rotatable bonds is 3. The second-order valence-electron chi connectivity index (χ2n) is 4.81. The number of non-ortho nitro benzene ring substituents is 1. The van der Waals surface area contributed by atoms with Crippen molar-refractivity contribution in [2.45, 2.75) is 0 Å². The van der Waals surface area contributed by atoms with Gasteiger partial charge in [0.25, 0.3) is 5.69 Å². The second kappa shape index (κ2) is 6.54. The van der Waals surface area contributed by atoms with Crippen LogP contribution in [0, 0.1) is 10.1 Å². The molecule has 3 rings (SSSR count). The highest BCUT2D eigenvalue weighted by atomic mass is 79.9. The van der Waals surface area contributed by atoms with E-state index in [2.05, 4.69) is 20.9 Å². The predicted molar refractivity (Wildman–Crippen MR) is 92.9 cm³/mol. The lowest BCUT2D eigenvalue weighted by atomic mass is 10.2. The molecule has 0 saturated heterocycles. The third-order valence-corrected chi connectivity index (χ3v) is 4.03. The summed E-state index contributed by atoms with van der Waals surface area (Å²) in [6.45, 7) is 0. The summed E-state index contributed by atoms with van der Waals surface area (Å²) in [5.41, 5.74) is 1.07. The first kappa shape index (κ1) is 16.4. The fourth-order valence-electron chi connectivity index (χ4n) is 2.03. The van der Waals surface area contributed by atoms with Gasteiger partial charge in [0.15, 0.2) is 5.70 Å². The van der Waals surface area contributed by atoms with E-state index in [0.29, 0.717) is 5.56 Å². The molecule has 8 heteroatoms. The lowest BCUT2D eigenvalue weighted by molar-refractivity contribution is -0.384. The number of carbonyl (C=O) groups excluding carboxylic acids is 1. The molecule has 2 aromatic carbocycles. The van der Waals surface area contributed by atoms with Crippen molar-refractivity contribution in [1.82, 2.24) is 0 Å². The van der Waals surface area contributed by atoms with Gasteiger partial charge in [0.05, 0.1) is 15.5 Å². The molecule has 1 aliphatic rings. The molecule has 2 aromatic rings. The fourth-order valence-corrected chi connectivity index (χ4v) is 2.55. The van der Waals surface area contributed by atoms with E-state index in [1.54, 1.807) is 6.08 Å². The largest absolute Gasteiger partial charge is 0.402 e. The van der Waals surface area contributed by atoms with Crippen LogP contribution in [0.4, 0.5) is 5.69 Å². The number of esters is 1. The van der Waals surface area contributed by atoms with Gasteiger partial charge in [0.2, 0.25) is 5.90 Å². The van der Waals surface area contributed by atoms with Gasteiger partial charge in [0, 0.05) is 16.6 Å². The van der Waals surface area contributed by atoms with E-state index in [1.165, 1.54) is 18.2 Å². The van der Waals surface area contributed by atoms with Crippen LogP contribution in [-0.2, 0) is 9.53 Å². The van der Waals surface area contributed by atoms with Gasteiger partial charge in [-0.25, -0.2) is 9.79 Å². The average molecular weight is 408 g/mol. The summed E-state index contributed by atoms with van der Waals surface area (Å²) < 4.78 is 6.03. The minimum absolute atomic E-state index is 0.0169. The van der Waals surface area contributed by atoms with Gasteiger partial charge in [-0.1, -0.05) is 39.7 Å². The average Bonchev–Trinajstić information content (AvgIpc) is 2.90. The Hall–Kier alpha value is -2.51. The molecule has 0 bridgehead atoms. The summed E-state index contributed by atoms with van der Waals surface area (Å²) in [5.74, 6) is -0.592. The summed E-state index contributed by atoms with van der Waals surface area (Å²) >= 11 is 9.36. The molecule has 1 heterocycles. The van der Waals surface area contributed by atoms with Gasteiger partial charge in [-0.2, -0.15) is 0 Å². The van der Waals surface area contributed by atoms with Crippen LogP contribution < -0.4 is 0 Å². The van der Waals surface area contributed by atoms with Crippen LogP contribution in [0.5, 0.6) is 0 Å². The van der Waals surface area contributed by atoms with Crippen LogP contribution in [0.1, 0.15) is 11.1 Å². The quantitative estimate of drug-likeness (QED) is 0.328. The summed E-state index contributed by atoms with van der Waals surface area (Å²) in [6, 6.07) is 11.2. The Kier molecular flexibility index (Phi) is 4.46. The maximum Gasteiger partial charge on any atom is 0.363 e. The van der Waals surface area contributed by atoms with Crippen molar-refractivity contribution in [2.75, 3.05) is 0 Å². The van der Waals surface area contributed by atoms with Gasteiger partial charge in [-0.3, -0.25) is 10.1 Å². The van der Waals surface area contributed by atoms with E-state index in [0.717, 1.165) is 10.0 Å². The molecule has 0 spiro atoms. The first-order valence-electron chi connectivity index (χ1n) is 6.66. The highest BCUT2D eigenvalue weighted by molar-refractivity contribution is 9.10. The van der Waals surface area contributed by atoms with Crippen LogP contribution in [-0.4, -0.2) is 16.8 Å². The first-order chi connectivity index (χ1) is 11.4. The van der Waals surface area contributed by atoms with Crippen LogP contribution in [0.15, 0.2) is 57.6 Å². The fraction of sp³-hybridized carbons (Fsp3) is 0. The summed E-state index contributed by atoms with van der Waals surface area (Å²) in [6.07, 6.45) is 1.58. The number of carbonyl (C=O) groups is 1. The van der Waals surface area contributed by atoms with E-state index >= 15 is 0 Å². The highest BCUT2D eigenvalue weighted by Gasteiger charge is 2.26. The maximum atomic E-state index is 12.0. The van der Waals surface area contributed by atoms with E-state index in [9.17, 15) is 14.9 Å². The van der Waals surface area contributed by atoms with Crippen molar-refractivity contribution >= 4 is 51.2 Å². The third kappa shape index (κ3) is 3.37. The van der Waals surface area contributed by atoms with E-state index in [-0.39, 0.29) is 22.3 Å². The van der Waals surface area contributed by atoms with E-state index < -0.39 is 10.9 Å². The zero-order valence-electron chi connectivity index (χ0n) is 11.9. The monoisotopic (exact) mass is 406 g/mol. The Morgan fingerprint density at radius 1 is 1.21 bits per heavy atom. The summed E-state index contributed by atoms with van der Waals surface area (Å²) in [4.78, 5) is 26.3. The topological polar surface area (TPSA) is 81.8 Å². The SMILES string of the molecule is O=C1OC(c2ccc([N+](=O)[O-])cc2Cl)=NC1=Cc1ccc(Br)cc1. The number of hydrogen-bond acceptors (Lipinski definition) is 5. The number of benzene rings is 2. The second-order valence-corrected chi connectivity index (χ2v) is 6.13. The number of halogens is 2. The summed E-state index contributed by atoms with van der Waals surface area (Å²) in [7, 11) is 0. The number of nitrogens with zero attached hydrogens (tertiary/aromatic N) is 2. The first-order valence-corrected chi connectivity index (χ1v) is 7.83. The van der Waals surface area contributed by atoms with Crippen molar-refractivity contribution in [3.63, 3.8) is 0 Å². The minimum Gasteiger partial charge on any atom is -0.402 e. The Morgan fingerprint density at radius 3 is 2.54 bits per heavy atom. The zero-order chi connectivity index (χ0) is 17.3. The molecule has 6 nitrogen and oxygen atoms in total. The molecule has 0 atom stereocenters. The maximum absolute atomic E-state index is 12.0. The van der Waals surface area contributed by atoms with Gasteiger partial charge >= 0.3 is 5.97 Å². The number of cyclic esters (lactones) is 1. The van der Waals surface area contributed by atoms with Crippen molar-refractivity contribution in [3.05, 3.63) is 78.9 Å². The molecular formula is C16H8BrClN2O4. The molecule has 0 amide bonds. The molecule has 0 N–H and O–H groups in total. The molecule has 0 fully saturated rings. The van der Waals surface area contributed by atoms with Gasteiger partial charge in [-0.15, -0.1) is 0 Å². The van der Waals surface area contributed by atoms with E-state index in [4.69, 9.17) is 16.3 Å². The number of hydrogen-bond donors (Lipinski definition) is 0. The minimum atomic E-state index is -0.609.